The fraction of sp³-hybridized carbons (Fsp3) is 0.333. The summed E-state index contributed by atoms with van der Waals surface area (Å²) in [7, 11) is 0. The third-order valence-electron chi connectivity index (χ3n) is 6.02. The van der Waals surface area contributed by atoms with Gasteiger partial charge in [0.05, 0.1) is 0 Å². The predicted octanol–water partition coefficient (Wildman–Crippen LogP) is 3.38. The molecule has 144 valence electrons. The first-order valence-electron chi connectivity index (χ1n) is 10.0. The molecule has 2 aromatic rings. The van der Waals surface area contributed by atoms with Gasteiger partial charge < -0.3 is 0 Å². The van der Waals surface area contributed by atoms with E-state index in [4.69, 9.17) is 0 Å². The standard InChI is InChI=1S/C24H26N2O2/c1-2-16-26-22(27)21(25-17-10-5-11-18-25)24(23(26)28,19-12-6-3-7-13-19)20-14-8-4-9-15-20/h2-4,6-9,12-15,21H,1,5,10-11,16-18H2. The molecular formula is C24H26N2O2. The molecule has 4 nitrogen and oxygen atoms in total. The molecule has 2 saturated heterocycles. The van der Waals surface area contributed by atoms with E-state index in [1.54, 1.807) is 6.08 Å². The maximum atomic E-state index is 13.9. The summed E-state index contributed by atoms with van der Waals surface area (Å²) in [6, 6.07) is 19.1. The highest BCUT2D eigenvalue weighted by atomic mass is 16.2. The van der Waals surface area contributed by atoms with Crippen LogP contribution in [0.1, 0.15) is 30.4 Å². The van der Waals surface area contributed by atoms with Crippen molar-refractivity contribution in [2.45, 2.75) is 30.7 Å². The molecular weight excluding hydrogens is 348 g/mol. The van der Waals surface area contributed by atoms with E-state index in [-0.39, 0.29) is 18.4 Å². The average Bonchev–Trinajstić information content (AvgIpc) is 2.98. The van der Waals surface area contributed by atoms with Crippen LogP contribution in [-0.2, 0) is 15.0 Å². The lowest BCUT2D eigenvalue weighted by Gasteiger charge is -2.40. The molecule has 28 heavy (non-hydrogen) atoms. The van der Waals surface area contributed by atoms with Crippen LogP contribution in [-0.4, -0.2) is 47.3 Å². The Bertz CT molecular complexity index is 817. The zero-order valence-corrected chi connectivity index (χ0v) is 16.1. The van der Waals surface area contributed by atoms with E-state index >= 15 is 0 Å². The quantitative estimate of drug-likeness (QED) is 0.595. The van der Waals surface area contributed by atoms with Crippen molar-refractivity contribution in [2.24, 2.45) is 0 Å². The molecule has 1 unspecified atom stereocenters. The molecule has 4 rings (SSSR count). The van der Waals surface area contributed by atoms with Gasteiger partial charge in [-0.3, -0.25) is 19.4 Å². The summed E-state index contributed by atoms with van der Waals surface area (Å²) in [4.78, 5) is 31.1. The fourth-order valence-corrected chi connectivity index (χ4v) is 4.80. The predicted molar refractivity (Wildman–Crippen MR) is 110 cm³/mol. The summed E-state index contributed by atoms with van der Waals surface area (Å²) in [5.74, 6) is -0.259. The molecule has 0 saturated carbocycles. The van der Waals surface area contributed by atoms with Crippen LogP contribution in [0.2, 0.25) is 0 Å². The van der Waals surface area contributed by atoms with Gasteiger partial charge in [0.2, 0.25) is 11.8 Å². The van der Waals surface area contributed by atoms with Gasteiger partial charge in [0.25, 0.3) is 0 Å². The maximum absolute atomic E-state index is 13.9. The SMILES string of the molecule is C=CCN1C(=O)C(N2CCCCC2)C(c2ccccc2)(c2ccccc2)C1=O. The smallest absolute Gasteiger partial charge is 0.248 e. The van der Waals surface area contributed by atoms with Crippen LogP contribution >= 0.6 is 0 Å². The molecule has 2 aromatic carbocycles. The molecule has 0 aliphatic carbocycles. The summed E-state index contributed by atoms with van der Waals surface area (Å²) in [5, 5.41) is 0. The van der Waals surface area contributed by atoms with E-state index in [2.05, 4.69) is 11.5 Å². The number of amides is 2. The lowest BCUT2D eigenvalue weighted by molar-refractivity contribution is -0.139. The number of likely N-dealkylation sites (tertiary alicyclic amines) is 2. The first-order chi connectivity index (χ1) is 13.7. The molecule has 0 aromatic heterocycles. The zero-order chi connectivity index (χ0) is 19.6. The maximum Gasteiger partial charge on any atom is 0.248 e. The zero-order valence-electron chi connectivity index (χ0n) is 16.1. The van der Waals surface area contributed by atoms with Gasteiger partial charge in [-0.15, -0.1) is 6.58 Å². The summed E-state index contributed by atoms with van der Waals surface area (Å²) < 4.78 is 0. The number of carbonyl (C=O) groups excluding carboxylic acids is 2. The van der Waals surface area contributed by atoms with Gasteiger partial charge in [-0.2, -0.15) is 0 Å². The molecule has 0 N–H and O–H groups in total. The van der Waals surface area contributed by atoms with E-state index in [1.807, 2.05) is 60.7 Å². The number of hydrogen-bond donors (Lipinski definition) is 0. The molecule has 2 heterocycles. The number of hydrogen-bond acceptors (Lipinski definition) is 3. The van der Waals surface area contributed by atoms with Gasteiger partial charge >= 0.3 is 0 Å². The summed E-state index contributed by atoms with van der Waals surface area (Å²) in [5.41, 5.74) is 0.725. The van der Waals surface area contributed by atoms with Crippen LogP contribution in [0, 0.1) is 0 Å². The van der Waals surface area contributed by atoms with Crippen LogP contribution in [0.3, 0.4) is 0 Å². The number of imide groups is 1. The van der Waals surface area contributed by atoms with E-state index in [1.165, 1.54) is 11.3 Å². The number of piperidine rings is 1. The minimum absolute atomic E-state index is 0.112. The molecule has 0 spiro atoms. The highest BCUT2D eigenvalue weighted by molar-refractivity contribution is 6.14. The molecule has 0 radical (unpaired) electrons. The Kier molecular flexibility index (Phi) is 5.14. The summed E-state index contributed by atoms with van der Waals surface area (Å²) in [6.07, 6.45) is 4.92. The van der Waals surface area contributed by atoms with Crippen molar-refractivity contribution in [1.82, 2.24) is 9.80 Å². The van der Waals surface area contributed by atoms with Gasteiger partial charge in [-0.05, 0) is 37.1 Å². The van der Waals surface area contributed by atoms with Gasteiger partial charge in [0, 0.05) is 6.54 Å². The Morgan fingerprint density at radius 2 is 1.43 bits per heavy atom. The Labute approximate surface area is 166 Å². The first kappa shape index (κ1) is 18.6. The fourth-order valence-electron chi connectivity index (χ4n) is 4.80. The summed E-state index contributed by atoms with van der Waals surface area (Å²) >= 11 is 0. The van der Waals surface area contributed by atoms with Crippen LogP contribution in [0.5, 0.6) is 0 Å². The van der Waals surface area contributed by atoms with E-state index in [9.17, 15) is 9.59 Å². The van der Waals surface area contributed by atoms with Crippen molar-refractivity contribution < 1.29 is 9.59 Å². The summed E-state index contributed by atoms with van der Waals surface area (Å²) in [6.45, 7) is 5.68. The Balaban J connectivity index is 1.97. The molecule has 2 aliphatic rings. The van der Waals surface area contributed by atoms with Gasteiger partial charge in [-0.1, -0.05) is 73.2 Å². The van der Waals surface area contributed by atoms with Crippen LogP contribution in [0.25, 0.3) is 0 Å². The van der Waals surface area contributed by atoms with E-state index in [0.717, 1.165) is 37.1 Å². The number of rotatable bonds is 5. The molecule has 2 amide bonds. The second-order valence-electron chi connectivity index (χ2n) is 7.58. The van der Waals surface area contributed by atoms with Gasteiger partial charge in [0.15, 0.2) is 0 Å². The molecule has 2 fully saturated rings. The number of carbonyl (C=O) groups is 2. The normalized spacial score (nSPS) is 22.4. The molecule has 0 bridgehead atoms. The van der Waals surface area contributed by atoms with Crippen molar-refractivity contribution in [3.8, 4) is 0 Å². The third-order valence-corrected chi connectivity index (χ3v) is 6.02. The van der Waals surface area contributed by atoms with Crippen molar-refractivity contribution >= 4 is 11.8 Å². The van der Waals surface area contributed by atoms with Crippen LogP contribution in [0.4, 0.5) is 0 Å². The van der Waals surface area contributed by atoms with Gasteiger partial charge in [0.1, 0.15) is 11.5 Å². The highest BCUT2D eigenvalue weighted by Gasteiger charge is 2.62. The second-order valence-corrected chi connectivity index (χ2v) is 7.58. The third kappa shape index (κ3) is 2.80. The average molecular weight is 374 g/mol. The van der Waals surface area contributed by atoms with Gasteiger partial charge in [-0.25, -0.2) is 0 Å². The molecule has 4 heteroatoms. The largest absolute Gasteiger partial charge is 0.290 e. The number of benzene rings is 2. The van der Waals surface area contributed by atoms with E-state index in [0.29, 0.717) is 0 Å². The first-order valence-corrected chi connectivity index (χ1v) is 10.0. The highest BCUT2D eigenvalue weighted by Crippen LogP contribution is 2.45. The van der Waals surface area contributed by atoms with Crippen molar-refractivity contribution in [1.29, 1.82) is 0 Å². The van der Waals surface area contributed by atoms with Crippen molar-refractivity contribution in [3.05, 3.63) is 84.4 Å². The van der Waals surface area contributed by atoms with Crippen LogP contribution in [0.15, 0.2) is 73.3 Å². The lowest BCUT2D eigenvalue weighted by atomic mass is 9.69. The lowest BCUT2D eigenvalue weighted by Crippen LogP contribution is -2.55. The topological polar surface area (TPSA) is 40.6 Å². The Morgan fingerprint density at radius 1 is 0.893 bits per heavy atom. The number of nitrogens with zero attached hydrogens (tertiary/aromatic N) is 2. The Hall–Kier alpha value is -2.72. The molecule has 1 atom stereocenters. The minimum Gasteiger partial charge on any atom is -0.290 e. The van der Waals surface area contributed by atoms with Crippen molar-refractivity contribution in [3.63, 3.8) is 0 Å². The monoisotopic (exact) mass is 374 g/mol. The Morgan fingerprint density at radius 3 is 1.93 bits per heavy atom. The van der Waals surface area contributed by atoms with Crippen molar-refractivity contribution in [2.75, 3.05) is 19.6 Å². The van der Waals surface area contributed by atoms with Crippen LogP contribution < -0.4 is 0 Å². The second kappa shape index (κ2) is 7.72. The van der Waals surface area contributed by atoms with E-state index < -0.39 is 11.5 Å². The minimum atomic E-state index is -1.03. The molecule has 2 aliphatic heterocycles.